The normalized spacial score (nSPS) is 12.7. The summed E-state index contributed by atoms with van der Waals surface area (Å²) >= 11 is 11.6. The summed E-state index contributed by atoms with van der Waals surface area (Å²) in [6, 6.07) is 1.34. The summed E-state index contributed by atoms with van der Waals surface area (Å²) in [5.74, 6) is 0. The second-order valence-electron chi connectivity index (χ2n) is 4.06. The molecule has 0 atom stereocenters. The highest BCUT2D eigenvalue weighted by Gasteiger charge is 2.32. The number of rotatable bonds is 2. The smallest absolute Gasteiger partial charge is 0.222 e. The topological polar surface area (TPSA) is 64.8 Å². The van der Waals surface area contributed by atoms with Crippen LogP contribution in [0, 0.1) is 0 Å². The molecule has 0 aliphatic heterocycles. The Bertz CT molecular complexity index is 779. The van der Waals surface area contributed by atoms with E-state index >= 15 is 0 Å². The monoisotopic (exact) mass is 359 g/mol. The lowest BCUT2D eigenvalue weighted by Gasteiger charge is -2.11. The lowest BCUT2D eigenvalue weighted by atomic mass is 10.2. The van der Waals surface area contributed by atoms with Crippen molar-refractivity contribution in [2.24, 2.45) is 0 Å². The van der Waals surface area contributed by atoms with Gasteiger partial charge in [-0.25, -0.2) is 13.1 Å². The molecule has 0 saturated carbocycles. The first-order chi connectivity index (χ1) is 9.50. The van der Waals surface area contributed by atoms with Crippen LogP contribution in [-0.4, -0.2) is 29.7 Å². The van der Waals surface area contributed by atoms with Crippen LogP contribution in [0.15, 0.2) is 23.4 Å². The summed E-state index contributed by atoms with van der Waals surface area (Å²) in [7, 11) is -3.61. The molecule has 0 aliphatic carbocycles. The molecule has 0 aliphatic rings. The fourth-order valence-corrected chi connectivity index (χ4v) is 2.61. The van der Waals surface area contributed by atoms with Gasteiger partial charge < -0.3 is 0 Å². The fraction of sp³-hybridized carbons (Fsp3) is 0.200. The zero-order chi connectivity index (χ0) is 16.0. The van der Waals surface area contributed by atoms with Crippen LogP contribution in [-0.2, 0) is 16.0 Å². The Morgan fingerprint density at radius 3 is 2.10 bits per heavy atom. The zero-order valence-corrected chi connectivity index (χ0v) is 12.5. The van der Waals surface area contributed by atoms with Gasteiger partial charge in [-0.05, 0) is 12.1 Å². The summed E-state index contributed by atoms with van der Waals surface area (Å²) < 4.78 is 61.3. The Hall–Kier alpha value is -1.32. The molecular weight excluding hydrogens is 354 g/mol. The minimum absolute atomic E-state index is 0.0891. The summed E-state index contributed by atoms with van der Waals surface area (Å²) in [6.45, 7) is 0. The van der Waals surface area contributed by atoms with Gasteiger partial charge in [0, 0.05) is 6.26 Å². The molecule has 21 heavy (non-hydrogen) atoms. The fourth-order valence-electron chi connectivity index (χ4n) is 1.48. The van der Waals surface area contributed by atoms with E-state index in [1.165, 1.54) is 0 Å². The van der Waals surface area contributed by atoms with Crippen molar-refractivity contribution >= 4 is 33.0 Å². The molecule has 1 aromatic carbocycles. The van der Waals surface area contributed by atoms with Gasteiger partial charge >= 0.3 is 6.18 Å². The van der Waals surface area contributed by atoms with Crippen molar-refractivity contribution in [1.29, 1.82) is 0 Å². The van der Waals surface area contributed by atoms with Crippen LogP contribution in [0.3, 0.4) is 0 Å². The Kier molecular flexibility index (Phi) is 3.94. The van der Waals surface area contributed by atoms with E-state index in [2.05, 4.69) is 10.3 Å². The van der Waals surface area contributed by atoms with Crippen LogP contribution < -0.4 is 0 Å². The number of sulfone groups is 1. The molecule has 0 N–H and O–H groups in total. The molecule has 0 amide bonds. The molecule has 0 bridgehead atoms. The average molecular weight is 360 g/mol. The summed E-state index contributed by atoms with van der Waals surface area (Å²) in [5.41, 5.74) is -1.11. The van der Waals surface area contributed by atoms with Crippen LogP contribution in [0.4, 0.5) is 13.2 Å². The summed E-state index contributed by atoms with van der Waals surface area (Å²) in [5, 5.41) is 5.89. The van der Waals surface area contributed by atoms with Crippen molar-refractivity contribution in [2.45, 2.75) is 11.2 Å². The molecule has 5 nitrogen and oxygen atoms in total. The lowest BCUT2D eigenvalue weighted by Crippen LogP contribution is -2.07. The highest BCUT2D eigenvalue weighted by atomic mass is 35.5. The number of nitrogens with zero attached hydrogens (tertiary/aromatic N) is 3. The maximum absolute atomic E-state index is 12.6. The van der Waals surface area contributed by atoms with E-state index in [9.17, 15) is 21.6 Å². The van der Waals surface area contributed by atoms with E-state index in [0.717, 1.165) is 17.1 Å². The van der Waals surface area contributed by atoms with Gasteiger partial charge in [0.1, 0.15) is 5.69 Å². The first-order valence-electron chi connectivity index (χ1n) is 5.19. The predicted molar refractivity (Wildman–Crippen MR) is 69.5 cm³/mol. The van der Waals surface area contributed by atoms with Gasteiger partial charge in [-0.1, -0.05) is 28.4 Å². The van der Waals surface area contributed by atoms with Gasteiger partial charge in [0.05, 0.1) is 21.8 Å². The van der Waals surface area contributed by atoms with Gasteiger partial charge in [0.15, 0.2) is 14.9 Å². The SMILES string of the molecule is CS(=O)(=O)c1cn(-c2c(Cl)cc(C(F)(F)F)cc2Cl)nn1. The van der Waals surface area contributed by atoms with Crippen LogP contribution in [0.25, 0.3) is 5.69 Å². The van der Waals surface area contributed by atoms with E-state index in [1.54, 1.807) is 0 Å². The molecule has 0 spiro atoms. The number of hydrogen-bond donors (Lipinski definition) is 0. The molecule has 11 heteroatoms. The molecule has 114 valence electrons. The standard InChI is InChI=1S/C10H6Cl2F3N3O2S/c1-21(19,20)8-4-18(17-16-8)9-6(11)2-5(3-7(9)12)10(13,14)15/h2-4H,1H3. The van der Waals surface area contributed by atoms with Crippen molar-refractivity contribution in [3.05, 3.63) is 33.9 Å². The number of halogens is 5. The van der Waals surface area contributed by atoms with Crippen LogP contribution in [0.2, 0.25) is 10.0 Å². The maximum atomic E-state index is 12.6. The first-order valence-corrected chi connectivity index (χ1v) is 7.84. The Balaban J connectivity index is 2.58. The maximum Gasteiger partial charge on any atom is 0.416 e. The summed E-state index contributed by atoms with van der Waals surface area (Å²) in [6.07, 6.45) is -2.68. The Morgan fingerprint density at radius 2 is 1.71 bits per heavy atom. The number of hydrogen-bond acceptors (Lipinski definition) is 4. The number of benzene rings is 1. The zero-order valence-electron chi connectivity index (χ0n) is 10.2. The molecule has 0 fully saturated rings. The molecule has 2 rings (SSSR count). The number of alkyl halides is 3. The van der Waals surface area contributed by atoms with Gasteiger partial charge in [0.2, 0.25) is 0 Å². The molecule has 2 aromatic rings. The molecule has 0 unspecified atom stereocenters. The van der Waals surface area contributed by atoms with Gasteiger partial charge in [0.25, 0.3) is 0 Å². The van der Waals surface area contributed by atoms with Crippen LogP contribution in [0.5, 0.6) is 0 Å². The van der Waals surface area contributed by atoms with Crippen molar-refractivity contribution in [1.82, 2.24) is 15.0 Å². The van der Waals surface area contributed by atoms with Crippen LogP contribution >= 0.6 is 23.2 Å². The second kappa shape index (κ2) is 5.15. The highest BCUT2D eigenvalue weighted by molar-refractivity contribution is 7.90. The van der Waals surface area contributed by atoms with Gasteiger partial charge in [-0.3, -0.25) is 0 Å². The minimum Gasteiger partial charge on any atom is -0.222 e. The minimum atomic E-state index is -4.61. The first kappa shape index (κ1) is 16.1. The molecule has 0 saturated heterocycles. The summed E-state index contributed by atoms with van der Waals surface area (Å²) in [4.78, 5) is 0. The van der Waals surface area contributed by atoms with E-state index < -0.39 is 21.6 Å². The van der Waals surface area contributed by atoms with E-state index in [-0.39, 0.29) is 20.8 Å². The molecule has 1 heterocycles. The van der Waals surface area contributed by atoms with Crippen molar-refractivity contribution in [2.75, 3.05) is 6.26 Å². The molecule has 0 radical (unpaired) electrons. The van der Waals surface area contributed by atoms with E-state index in [1.807, 2.05) is 0 Å². The molecule has 1 aromatic heterocycles. The largest absolute Gasteiger partial charge is 0.416 e. The Labute approximate surface area is 127 Å². The van der Waals surface area contributed by atoms with Crippen molar-refractivity contribution in [3.8, 4) is 5.69 Å². The van der Waals surface area contributed by atoms with Crippen molar-refractivity contribution in [3.63, 3.8) is 0 Å². The number of aromatic nitrogens is 3. The second-order valence-corrected chi connectivity index (χ2v) is 6.84. The molecular formula is C10H6Cl2F3N3O2S. The lowest BCUT2D eigenvalue weighted by molar-refractivity contribution is -0.137. The van der Waals surface area contributed by atoms with E-state index in [0.29, 0.717) is 12.1 Å². The van der Waals surface area contributed by atoms with Crippen molar-refractivity contribution < 1.29 is 21.6 Å². The quantitative estimate of drug-likeness (QED) is 0.826. The van der Waals surface area contributed by atoms with Crippen LogP contribution in [0.1, 0.15) is 5.56 Å². The predicted octanol–water partition coefficient (Wildman–Crippen LogP) is 3.00. The van der Waals surface area contributed by atoms with Gasteiger partial charge in [-0.2, -0.15) is 13.2 Å². The third kappa shape index (κ3) is 3.30. The van der Waals surface area contributed by atoms with Gasteiger partial charge in [-0.15, -0.1) is 5.10 Å². The third-order valence-corrected chi connectivity index (χ3v) is 3.95. The highest BCUT2D eigenvalue weighted by Crippen LogP contribution is 2.37. The third-order valence-electron chi connectivity index (χ3n) is 2.43. The van der Waals surface area contributed by atoms with E-state index in [4.69, 9.17) is 23.2 Å². The average Bonchev–Trinajstić information content (AvgIpc) is 2.75. The Morgan fingerprint density at radius 1 is 1.19 bits per heavy atom.